The Bertz CT molecular complexity index is 725. The fourth-order valence-corrected chi connectivity index (χ4v) is 3.58. The number of nitrogens with zero attached hydrogens (tertiary/aromatic N) is 2. The van der Waals surface area contributed by atoms with Crippen LogP contribution in [0.3, 0.4) is 0 Å². The number of likely N-dealkylation sites (tertiary alicyclic amines) is 1. The van der Waals surface area contributed by atoms with E-state index in [4.69, 9.17) is 10.9 Å². The molecule has 1 amide bonds. The third-order valence-electron chi connectivity index (χ3n) is 3.92. The second-order valence-corrected chi connectivity index (χ2v) is 7.10. The Morgan fingerprint density at radius 1 is 1.43 bits per heavy atom. The van der Waals surface area contributed by atoms with Gasteiger partial charge in [0.25, 0.3) is 0 Å². The van der Waals surface area contributed by atoms with Crippen molar-refractivity contribution in [2.24, 2.45) is 10.9 Å². The van der Waals surface area contributed by atoms with E-state index >= 15 is 0 Å². The van der Waals surface area contributed by atoms with Crippen LogP contribution in [0.1, 0.15) is 41.7 Å². The van der Waals surface area contributed by atoms with Gasteiger partial charge in [-0.1, -0.05) is 0 Å². The van der Waals surface area contributed by atoms with Crippen LogP contribution in [0, 0.1) is 0 Å². The van der Waals surface area contributed by atoms with Crippen molar-refractivity contribution < 1.29 is 23.1 Å². The SMILES string of the molecule is C[C@@H](N)C(=O)N1CCCC(c2ccn(S(N)(=O)=O)c2C(=O)O)C1. The molecular formula is C13H20N4O5S. The number of piperidine rings is 1. The van der Waals surface area contributed by atoms with Crippen molar-refractivity contribution in [3.05, 3.63) is 23.5 Å². The monoisotopic (exact) mass is 344 g/mol. The van der Waals surface area contributed by atoms with Crippen molar-refractivity contribution >= 4 is 22.1 Å². The third-order valence-corrected chi connectivity index (χ3v) is 4.78. The Morgan fingerprint density at radius 2 is 2.09 bits per heavy atom. The summed E-state index contributed by atoms with van der Waals surface area (Å²) in [5.41, 5.74) is 5.58. The fraction of sp³-hybridized carbons (Fsp3) is 0.538. The van der Waals surface area contributed by atoms with E-state index in [1.165, 1.54) is 6.07 Å². The lowest BCUT2D eigenvalue weighted by atomic mass is 9.90. The summed E-state index contributed by atoms with van der Waals surface area (Å²) in [5.74, 6) is -1.87. The Labute approximate surface area is 134 Å². The van der Waals surface area contributed by atoms with Crippen molar-refractivity contribution in [2.45, 2.75) is 31.7 Å². The molecule has 2 heterocycles. The minimum atomic E-state index is -4.20. The van der Waals surface area contributed by atoms with Gasteiger partial charge in [-0.3, -0.25) is 4.79 Å². The zero-order valence-electron chi connectivity index (χ0n) is 12.7. The van der Waals surface area contributed by atoms with Crippen LogP contribution >= 0.6 is 0 Å². The summed E-state index contributed by atoms with van der Waals surface area (Å²) < 4.78 is 23.6. The van der Waals surface area contributed by atoms with Crippen LogP contribution in [0.5, 0.6) is 0 Å². The Kier molecular flexibility index (Phi) is 4.78. The van der Waals surface area contributed by atoms with Crippen LogP contribution < -0.4 is 10.9 Å². The number of amides is 1. The fourth-order valence-electron chi connectivity index (χ4n) is 2.91. The molecule has 5 N–H and O–H groups in total. The summed E-state index contributed by atoms with van der Waals surface area (Å²) in [6, 6.07) is 0.792. The first-order valence-corrected chi connectivity index (χ1v) is 8.65. The highest BCUT2D eigenvalue weighted by Gasteiger charge is 2.31. The van der Waals surface area contributed by atoms with Gasteiger partial charge < -0.3 is 15.7 Å². The van der Waals surface area contributed by atoms with Gasteiger partial charge in [-0.25, -0.2) is 13.9 Å². The second-order valence-electron chi connectivity index (χ2n) is 5.68. The van der Waals surface area contributed by atoms with E-state index in [1.54, 1.807) is 11.8 Å². The zero-order valence-corrected chi connectivity index (χ0v) is 13.5. The standard InChI is InChI=1S/C13H20N4O5S/c1-8(14)12(18)16-5-2-3-9(7-16)10-4-6-17(23(15,21)22)11(10)13(19)20/h4,6,8-9H,2-3,5,7,14H2,1H3,(H,19,20)(H2,15,21,22)/t8-,9?/m1/s1. The van der Waals surface area contributed by atoms with Crippen molar-refractivity contribution in [2.75, 3.05) is 13.1 Å². The molecule has 0 bridgehead atoms. The van der Waals surface area contributed by atoms with Gasteiger partial charge in [0.05, 0.1) is 6.04 Å². The number of hydrogen-bond acceptors (Lipinski definition) is 5. The summed E-state index contributed by atoms with van der Waals surface area (Å²) in [6.45, 7) is 2.44. The number of nitrogens with two attached hydrogens (primary N) is 2. The van der Waals surface area contributed by atoms with Gasteiger partial charge in [-0.05, 0) is 31.4 Å². The van der Waals surface area contributed by atoms with Crippen molar-refractivity contribution in [3.63, 3.8) is 0 Å². The average molecular weight is 344 g/mol. The quantitative estimate of drug-likeness (QED) is 0.657. The van der Waals surface area contributed by atoms with Crippen molar-refractivity contribution in [1.82, 2.24) is 8.87 Å². The molecule has 0 spiro atoms. The van der Waals surface area contributed by atoms with Crippen LogP contribution in [0.2, 0.25) is 0 Å². The number of carboxylic acids is 1. The minimum absolute atomic E-state index is 0.211. The lowest BCUT2D eigenvalue weighted by Gasteiger charge is -2.33. The smallest absolute Gasteiger partial charge is 0.353 e. The summed E-state index contributed by atoms with van der Waals surface area (Å²) >= 11 is 0. The molecule has 2 rings (SSSR count). The van der Waals surface area contributed by atoms with Gasteiger partial charge in [-0.2, -0.15) is 8.42 Å². The lowest BCUT2D eigenvalue weighted by molar-refractivity contribution is -0.133. The molecule has 1 aromatic heterocycles. The molecule has 1 aliphatic rings. The van der Waals surface area contributed by atoms with Crippen LogP contribution in [0.25, 0.3) is 0 Å². The first-order chi connectivity index (χ1) is 10.6. The van der Waals surface area contributed by atoms with Crippen LogP contribution in [-0.4, -0.2) is 53.4 Å². The van der Waals surface area contributed by atoms with Gasteiger partial charge in [0.2, 0.25) is 5.91 Å². The van der Waals surface area contributed by atoms with E-state index in [9.17, 15) is 23.1 Å². The molecule has 23 heavy (non-hydrogen) atoms. The summed E-state index contributed by atoms with van der Waals surface area (Å²) in [7, 11) is -4.20. The van der Waals surface area contributed by atoms with Crippen LogP contribution in [0.4, 0.5) is 0 Å². The predicted octanol–water partition coefficient (Wildman–Crippen LogP) is -0.709. The molecule has 0 aliphatic carbocycles. The molecule has 1 saturated heterocycles. The number of carboxylic acid groups (broad SMARTS) is 1. The number of aromatic carboxylic acids is 1. The highest BCUT2D eigenvalue weighted by molar-refractivity contribution is 7.87. The molecule has 128 valence electrons. The van der Waals surface area contributed by atoms with Crippen LogP contribution in [0.15, 0.2) is 12.3 Å². The Balaban J connectivity index is 2.37. The Morgan fingerprint density at radius 3 is 2.61 bits per heavy atom. The molecule has 1 aliphatic heterocycles. The van der Waals surface area contributed by atoms with E-state index < -0.39 is 22.2 Å². The summed E-state index contributed by atoms with van der Waals surface area (Å²) in [6.07, 6.45) is 2.46. The molecule has 9 nitrogen and oxygen atoms in total. The number of carbonyl (C=O) groups is 2. The van der Waals surface area contributed by atoms with E-state index in [1.807, 2.05) is 0 Å². The Hall–Kier alpha value is -1.91. The van der Waals surface area contributed by atoms with Gasteiger partial charge in [0, 0.05) is 25.2 Å². The molecule has 0 radical (unpaired) electrons. The zero-order chi connectivity index (χ0) is 17.4. The summed E-state index contributed by atoms with van der Waals surface area (Å²) in [5, 5.41) is 14.4. The number of aromatic nitrogens is 1. The minimum Gasteiger partial charge on any atom is -0.477 e. The molecule has 2 atom stereocenters. The molecule has 0 aromatic carbocycles. The lowest BCUT2D eigenvalue weighted by Crippen LogP contribution is -2.46. The number of rotatable bonds is 4. The van der Waals surface area contributed by atoms with Gasteiger partial charge >= 0.3 is 16.2 Å². The normalized spacial score (nSPS) is 20.3. The molecule has 1 aromatic rings. The molecular weight excluding hydrogens is 324 g/mol. The molecule has 10 heteroatoms. The molecule has 1 fully saturated rings. The van der Waals surface area contributed by atoms with E-state index in [2.05, 4.69) is 0 Å². The van der Waals surface area contributed by atoms with Gasteiger partial charge in [0.1, 0.15) is 5.69 Å². The predicted molar refractivity (Wildman–Crippen MR) is 82.1 cm³/mol. The number of carbonyl (C=O) groups excluding carboxylic acids is 1. The van der Waals surface area contributed by atoms with E-state index in [-0.39, 0.29) is 17.5 Å². The van der Waals surface area contributed by atoms with E-state index in [0.717, 1.165) is 6.20 Å². The largest absolute Gasteiger partial charge is 0.477 e. The van der Waals surface area contributed by atoms with Gasteiger partial charge in [-0.15, -0.1) is 0 Å². The van der Waals surface area contributed by atoms with E-state index in [0.29, 0.717) is 35.5 Å². The first kappa shape index (κ1) is 17.4. The van der Waals surface area contributed by atoms with Crippen LogP contribution in [-0.2, 0) is 15.0 Å². The molecule has 1 unspecified atom stereocenters. The number of hydrogen-bond donors (Lipinski definition) is 3. The average Bonchev–Trinajstić information content (AvgIpc) is 2.91. The third kappa shape index (κ3) is 3.54. The van der Waals surface area contributed by atoms with Crippen molar-refractivity contribution in [1.29, 1.82) is 0 Å². The highest BCUT2D eigenvalue weighted by atomic mass is 32.2. The topological polar surface area (TPSA) is 149 Å². The maximum atomic E-state index is 12.0. The first-order valence-electron chi connectivity index (χ1n) is 7.15. The maximum absolute atomic E-state index is 12.0. The van der Waals surface area contributed by atoms with Crippen molar-refractivity contribution in [3.8, 4) is 0 Å². The van der Waals surface area contributed by atoms with Gasteiger partial charge in [0.15, 0.2) is 0 Å². The second kappa shape index (κ2) is 6.30. The highest BCUT2D eigenvalue weighted by Crippen LogP contribution is 2.30. The molecule has 0 saturated carbocycles. The maximum Gasteiger partial charge on any atom is 0.353 e. The summed E-state index contributed by atoms with van der Waals surface area (Å²) in [4.78, 5) is 25.1.